The molecule has 4 N–H and O–H groups in total. The van der Waals surface area contributed by atoms with E-state index in [1.54, 1.807) is 24.6 Å². The Kier molecular flexibility index (Phi) is 4.16. The molecule has 0 aliphatic rings. The van der Waals surface area contributed by atoms with Gasteiger partial charge in [-0.25, -0.2) is 9.78 Å². The minimum atomic E-state index is -0.597. The summed E-state index contributed by atoms with van der Waals surface area (Å²) in [6.45, 7) is 1.60. The van der Waals surface area contributed by atoms with Crippen LogP contribution >= 0.6 is 11.3 Å². The van der Waals surface area contributed by atoms with E-state index in [9.17, 15) is 9.59 Å². The normalized spacial score (nSPS) is 11.9. The number of nitrogens with one attached hydrogen (secondary N) is 2. The zero-order valence-corrected chi connectivity index (χ0v) is 11.8. The average molecular weight is 294 g/mol. The molecule has 0 fully saturated rings. The molecule has 2 aromatic heterocycles. The summed E-state index contributed by atoms with van der Waals surface area (Å²) in [5.41, 5.74) is 7.20. The number of hydrogen-bond donors (Lipinski definition) is 3. The number of amides is 1. The Hall–Kier alpha value is -2.19. The molecule has 0 spiro atoms. The predicted octanol–water partition coefficient (Wildman–Crippen LogP) is 1.21. The van der Waals surface area contributed by atoms with Crippen molar-refractivity contribution < 1.29 is 14.3 Å². The van der Waals surface area contributed by atoms with E-state index in [1.165, 1.54) is 18.4 Å². The lowest BCUT2D eigenvalue weighted by Gasteiger charge is -2.03. The highest BCUT2D eigenvalue weighted by molar-refractivity contribution is 7.14. The van der Waals surface area contributed by atoms with Gasteiger partial charge in [0, 0.05) is 17.1 Å². The Morgan fingerprint density at radius 1 is 1.55 bits per heavy atom. The van der Waals surface area contributed by atoms with Crippen LogP contribution in [0.3, 0.4) is 0 Å². The van der Waals surface area contributed by atoms with Crippen molar-refractivity contribution in [3.05, 3.63) is 23.3 Å². The number of ether oxygens (including phenoxy) is 1. The second kappa shape index (κ2) is 5.85. The van der Waals surface area contributed by atoms with Crippen LogP contribution in [0, 0.1) is 0 Å². The third-order valence-corrected chi connectivity index (χ3v) is 3.29. The maximum atomic E-state index is 11.5. The first-order valence-corrected chi connectivity index (χ1v) is 6.68. The van der Waals surface area contributed by atoms with Crippen molar-refractivity contribution in [3.63, 3.8) is 0 Å². The Balaban J connectivity index is 2.14. The van der Waals surface area contributed by atoms with Crippen LogP contribution < -0.4 is 11.1 Å². The SMILES string of the molecule is COC(=O)c1cc(-c2csc(NC(=O)[C@@H](C)N)n2)c[nH]1. The van der Waals surface area contributed by atoms with E-state index in [4.69, 9.17) is 5.73 Å². The lowest BCUT2D eigenvalue weighted by molar-refractivity contribution is -0.117. The number of methoxy groups -OCH3 is 1. The van der Waals surface area contributed by atoms with Crippen molar-refractivity contribution in [1.82, 2.24) is 9.97 Å². The molecule has 0 saturated carbocycles. The van der Waals surface area contributed by atoms with Crippen molar-refractivity contribution in [2.75, 3.05) is 12.4 Å². The molecule has 0 saturated heterocycles. The van der Waals surface area contributed by atoms with Crippen LogP contribution in [-0.2, 0) is 9.53 Å². The van der Waals surface area contributed by atoms with Gasteiger partial charge in [0.15, 0.2) is 5.13 Å². The summed E-state index contributed by atoms with van der Waals surface area (Å²) < 4.78 is 4.61. The molecule has 106 valence electrons. The van der Waals surface area contributed by atoms with Crippen molar-refractivity contribution in [2.24, 2.45) is 5.73 Å². The summed E-state index contributed by atoms with van der Waals surface area (Å²) in [5, 5.41) is 4.85. The molecule has 2 aromatic rings. The topological polar surface area (TPSA) is 110 Å². The number of rotatable bonds is 4. The molecule has 0 radical (unpaired) electrons. The van der Waals surface area contributed by atoms with Gasteiger partial charge in [0.25, 0.3) is 0 Å². The Bertz CT molecular complexity index is 632. The number of anilines is 1. The third-order valence-electron chi connectivity index (χ3n) is 2.53. The molecule has 7 nitrogen and oxygen atoms in total. The van der Waals surface area contributed by atoms with E-state index in [1.807, 2.05) is 0 Å². The lowest BCUT2D eigenvalue weighted by Crippen LogP contribution is -2.32. The average Bonchev–Trinajstić information content (AvgIpc) is 3.05. The number of nitrogens with zero attached hydrogens (tertiary/aromatic N) is 1. The fourth-order valence-corrected chi connectivity index (χ4v) is 2.18. The van der Waals surface area contributed by atoms with Crippen molar-refractivity contribution >= 4 is 28.3 Å². The van der Waals surface area contributed by atoms with E-state index in [0.717, 1.165) is 5.56 Å². The number of esters is 1. The third kappa shape index (κ3) is 3.03. The summed E-state index contributed by atoms with van der Waals surface area (Å²) in [7, 11) is 1.31. The van der Waals surface area contributed by atoms with Gasteiger partial charge < -0.3 is 20.8 Å². The van der Waals surface area contributed by atoms with Crippen LogP contribution in [0.1, 0.15) is 17.4 Å². The van der Waals surface area contributed by atoms with Crippen molar-refractivity contribution in [1.29, 1.82) is 0 Å². The molecule has 0 aliphatic heterocycles. The first kappa shape index (κ1) is 14.2. The summed E-state index contributed by atoms with van der Waals surface area (Å²) in [4.78, 5) is 29.9. The molecule has 2 heterocycles. The number of aromatic amines is 1. The van der Waals surface area contributed by atoms with Gasteiger partial charge in [-0.1, -0.05) is 0 Å². The largest absolute Gasteiger partial charge is 0.464 e. The van der Waals surface area contributed by atoms with Crippen LogP contribution in [-0.4, -0.2) is 35.0 Å². The highest BCUT2D eigenvalue weighted by Crippen LogP contribution is 2.25. The fourth-order valence-electron chi connectivity index (χ4n) is 1.45. The fraction of sp³-hybridized carbons (Fsp3) is 0.250. The number of nitrogens with two attached hydrogens (primary N) is 1. The van der Waals surface area contributed by atoms with Gasteiger partial charge in [0.2, 0.25) is 5.91 Å². The molecule has 20 heavy (non-hydrogen) atoms. The highest BCUT2D eigenvalue weighted by atomic mass is 32.1. The predicted molar refractivity (Wildman–Crippen MR) is 75.5 cm³/mol. The molecule has 0 aliphatic carbocycles. The van der Waals surface area contributed by atoms with E-state index in [0.29, 0.717) is 16.5 Å². The van der Waals surface area contributed by atoms with Crippen LogP contribution in [0.15, 0.2) is 17.6 Å². The Labute approximate surface area is 119 Å². The van der Waals surface area contributed by atoms with Gasteiger partial charge in [-0.15, -0.1) is 11.3 Å². The number of hydrogen-bond acceptors (Lipinski definition) is 6. The zero-order valence-electron chi connectivity index (χ0n) is 11.0. The Morgan fingerprint density at radius 2 is 2.30 bits per heavy atom. The van der Waals surface area contributed by atoms with E-state index >= 15 is 0 Å². The van der Waals surface area contributed by atoms with E-state index in [2.05, 4.69) is 20.0 Å². The van der Waals surface area contributed by atoms with Gasteiger partial charge in [0.1, 0.15) is 5.69 Å². The number of aromatic nitrogens is 2. The summed E-state index contributed by atoms with van der Waals surface area (Å²) in [6.07, 6.45) is 1.65. The maximum absolute atomic E-state index is 11.5. The molecule has 0 aromatic carbocycles. The van der Waals surface area contributed by atoms with E-state index < -0.39 is 12.0 Å². The molecular formula is C12H14N4O3S. The monoisotopic (exact) mass is 294 g/mol. The van der Waals surface area contributed by atoms with Gasteiger partial charge in [-0.2, -0.15) is 0 Å². The maximum Gasteiger partial charge on any atom is 0.354 e. The van der Waals surface area contributed by atoms with Gasteiger partial charge in [-0.05, 0) is 13.0 Å². The zero-order chi connectivity index (χ0) is 14.7. The standard InChI is InChI=1S/C12H14N4O3S/c1-6(13)10(17)16-12-15-9(5-20-12)7-3-8(14-4-7)11(18)19-2/h3-6,14H,13H2,1-2H3,(H,15,16,17)/t6-/m1/s1. The molecule has 2 rings (SSSR count). The van der Waals surface area contributed by atoms with Gasteiger partial charge >= 0.3 is 5.97 Å². The number of carbonyl (C=O) groups excluding carboxylic acids is 2. The minimum absolute atomic E-state index is 0.296. The smallest absolute Gasteiger partial charge is 0.354 e. The molecule has 1 atom stereocenters. The number of H-pyrrole nitrogens is 1. The van der Waals surface area contributed by atoms with Crippen molar-refractivity contribution in [2.45, 2.75) is 13.0 Å². The van der Waals surface area contributed by atoms with Crippen LogP contribution in [0.4, 0.5) is 5.13 Å². The number of carbonyl (C=O) groups is 2. The molecule has 1 amide bonds. The highest BCUT2D eigenvalue weighted by Gasteiger charge is 2.13. The molecule has 0 unspecified atom stereocenters. The summed E-state index contributed by atoms with van der Waals surface area (Å²) >= 11 is 1.28. The second-order valence-electron chi connectivity index (χ2n) is 4.11. The Morgan fingerprint density at radius 3 is 2.95 bits per heavy atom. The summed E-state index contributed by atoms with van der Waals surface area (Å²) in [5.74, 6) is -0.743. The van der Waals surface area contributed by atoms with Crippen molar-refractivity contribution in [3.8, 4) is 11.3 Å². The lowest BCUT2D eigenvalue weighted by atomic mass is 10.2. The van der Waals surface area contributed by atoms with E-state index in [-0.39, 0.29) is 5.91 Å². The number of thiazole rings is 1. The molecule has 8 heteroatoms. The van der Waals surface area contributed by atoms with Gasteiger partial charge in [0.05, 0.1) is 18.8 Å². The first-order chi connectivity index (χ1) is 9.51. The van der Waals surface area contributed by atoms with Crippen LogP contribution in [0.2, 0.25) is 0 Å². The van der Waals surface area contributed by atoms with Gasteiger partial charge in [-0.3, -0.25) is 4.79 Å². The first-order valence-electron chi connectivity index (χ1n) is 5.80. The molecule has 0 bridgehead atoms. The minimum Gasteiger partial charge on any atom is -0.464 e. The van der Waals surface area contributed by atoms with Crippen LogP contribution in [0.25, 0.3) is 11.3 Å². The quantitative estimate of drug-likeness (QED) is 0.734. The summed E-state index contributed by atoms with van der Waals surface area (Å²) in [6, 6.07) is 1.04. The molecular weight excluding hydrogens is 280 g/mol. The second-order valence-corrected chi connectivity index (χ2v) is 4.97. The van der Waals surface area contributed by atoms with Crippen LogP contribution in [0.5, 0.6) is 0 Å².